The van der Waals surface area contributed by atoms with Gasteiger partial charge in [-0.25, -0.2) is 9.59 Å². The molecule has 2 rings (SSSR count). The number of rotatable bonds is 13. The van der Waals surface area contributed by atoms with Gasteiger partial charge >= 0.3 is 12.1 Å². The molecule has 0 bridgehead atoms. The number of nitrogens with one attached hydrogen (secondary N) is 2. The molecule has 1 aromatic rings. The number of carboxylic acid groups (broad SMARTS) is 1. The molecule has 1 aliphatic carbocycles. The van der Waals surface area contributed by atoms with Crippen molar-refractivity contribution in [1.82, 2.24) is 20.4 Å². The van der Waals surface area contributed by atoms with E-state index in [1.807, 2.05) is 32.2 Å². The lowest BCUT2D eigenvalue weighted by molar-refractivity contribution is 0.00247. The maximum atomic E-state index is 13.1. The van der Waals surface area contributed by atoms with Crippen LogP contribution in [-0.2, 0) is 4.74 Å². The van der Waals surface area contributed by atoms with Crippen molar-refractivity contribution >= 4 is 23.7 Å². The fraction of sp³-hybridized carbons (Fsp3) is 0.692. The minimum Gasteiger partial charge on any atom is -0.465 e. The Bertz CT molecular complexity index is 790. The molecule has 0 unspecified atom stereocenters. The Labute approximate surface area is 215 Å². The lowest BCUT2D eigenvalue weighted by Crippen LogP contribution is -2.48. The van der Waals surface area contributed by atoms with E-state index in [0.717, 1.165) is 18.5 Å². The Balaban J connectivity index is 1.99. The second kappa shape index (κ2) is 15.2. The van der Waals surface area contributed by atoms with E-state index in [4.69, 9.17) is 21.4 Å². The zero-order valence-electron chi connectivity index (χ0n) is 21.6. The van der Waals surface area contributed by atoms with Gasteiger partial charge in [-0.05, 0) is 37.1 Å². The molecule has 0 radical (unpaired) electrons. The van der Waals surface area contributed by atoms with Gasteiger partial charge in [-0.3, -0.25) is 0 Å². The molecule has 0 aliphatic heterocycles. The van der Waals surface area contributed by atoms with Gasteiger partial charge in [0, 0.05) is 50.7 Å². The van der Waals surface area contributed by atoms with Crippen molar-refractivity contribution in [3.63, 3.8) is 0 Å². The van der Waals surface area contributed by atoms with E-state index in [9.17, 15) is 9.59 Å². The number of urea groups is 1. The molecule has 9 heteroatoms. The second-order valence-electron chi connectivity index (χ2n) is 9.85. The smallest absolute Gasteiger partial charge is 0.407 e. The van der Waals surface area contributed by atoms with Crippen LogP contribution in [-0.4, -0.2) is 80.5 Å². The predicted molar refractivity (Wildman–Crippen MR) is 140 cm³/mol. The first-order chi connectivity index (χ1) is 16.7. The molecule has 1 saturated carbocycles. The SMILES string of the molecule is CNC[C@H](CC1CCCCC1)NC(=O)N(C)C[C@@H](C)[C@@H](OCCN(C)C(=O)O)c1cccc(Cl)c1. The van der Waals surface area contributed by atoms with E-state index in [1.54, 1.807) is 18.0 Å². The number of amides is 3. The van der Waals surface area contributed by atoms with E-state index in [0.29, 0.717) is 17.5 Å². The van der Waals surface area contributed by atoms with Gasteiger partial charge in [0.05, 0.1) is 12.7 Å². The monoisotopic (exact) mass is 510 g/mol. The molecule has 1 aliphatic rings. The van der Waals surface area contributed by atoms with Crippen LogP contribution in [0, 0.1) is 11.8 Å². The maximum Gasteiger partial charge on any atom is 0.407 e. The molecule has 3 amide bonds. The zero-order chi connectivity index (χ0) is 25.8. The van der Waals surface area contributed by atoms with Crippen molar-refractivity contribution in [1.29, 1.82) is 0 Å². The Kier molecular flexibility index (Phi) is 12.7. The number of nitrogens with zero attached hydrogens (tertiary/aromatic N) is 2. The third-order valence-corrected chi connectivity index (χ3v) is 7.01. The molecule has 0 aromatic heterocycles. The summed E-state index contributed by atoms with van der Waals surface area (Å²) >= 11 is 6.22. The molecular weight excluding hydrogens is 468 g/mol. The van der Waals surface area contributed by atoms with Crippen LogP contribution in [0.25, 0.3) is 0 Å². The Morgan fingerprint density at radius 1 is 1.20 bits per heavy atom. The van der Waals surface area contributed by atoms with Gasteiger partial charge in [0.1, 0.15) is 0 Å². The van der Waals surface area contributed by atoms with Crippen molar-refractivity contribution in [3.05, 3.63) is 34.9 Å². The highest BCUT2D eigenvalue weighted by Gasteiger charge is 2.26. The minimum absolute atomic E-state index is 0.0413. The molecule has 8 nitrogen and oxygen atoms in total. The maximum absolute atomic E-state index is 13.1. The molecule has 0 saturated heterocycles. The van der Waals surface area contributed by atoms with Crippen LogP contribution in [0.5, 0.6) is 0 Å². The van der Waals surface area contributed by atoms with E-state index >= 15 is 0 Å². The summed E-state index contributed by atoms with van der Waals surface area (Å²) in [6.07, 6.45) is 6.06. The van der Waals surface area contributed by atoms with Gasteiger partial charge in [-0.2, -0.15) is 0 Å². The summed E-state index contributed by atoms with van der Waals surface area (Å²) < 4.78 is 6.13. The zero-order valence-corrected chi connectivity index (χ0v) is 22.4. The van der Waals surface area contributed by atoms with E-state index in [2.05, 4.69) is 10.6 Å². The van der Waals surface area contributed by atoms with Gasteiger partial charge in [0.2, 0.25) is 0 Å². The average Bonchev–Trinajstić information content (AvgIpc) is 2.82. The van der Waals surface area contributed by atoms with Crippen LogP contribution in [0.2, 0.25) is 5.02 Å². The first-order valence-corrected chi connectivity index (χ1v) is 13.1. The number of ether oxygens (including phenoxy) is 1. The number of hydrogen-bond donors (Lipinski definition) is 3. The van der Waals surface area contributed by atoms with Crippen LogP contribution in [0.1, 0.15) is 57.1 Å². The molecular formula is C26H43ClN4O4. The summed E-state index contributed by atoms with van der Waals surface area (Å²) in [5.74, 6) is 0.636. The molecule has 1 fully saturated rings. The first-order valence-electron chi connectivity index (χ1n) is 12.7. The van der Waals surface area contributed by atoms with Crippen LogP contribution in [0.3, 0.4) is 0 Å². The fourth-order valence-electron chi connectivity index (χ4n) is 4.85. The van der Waals surface area contributed by atoms with Crippen LogP contribution in [0.15, 0.2) is 24.3 Å². The van der Waals surface area contributed by atoms with Gasteiger partial charge < -0.3 is 30.3 Å². The number of carbonyl (C=O) groups is 2. The Morgan fingerprint density at radius 2 is 1.91 bits per heavy atom. The van der Waals surface area contributed by atoms with E-state index in [-0.39, 0.29) is 37.2 Å². The summed E-state index contributed by atoms with van der Waals surface area (Å²) in [5.41, 5.74) is 0.905. The number of hydrogen-bond acceptors (Lipinski definition) is 4. The highest BCUT2D eigenvalue weighted by molar-refractivity contribution is 6.30. The number of halogens is 1. The summed E-state index contributed by atoms with van der Waals surface area (Å²) in [7, 11) is 5.23. The molecule has 35 heavy (non-hydrogen) atoms. The predicted octanol–water partition coefficient (Wildman–Crippen LogP) is 4.84. The summed E-state index contributed by atoms with van der Waals surface area (Å²) in [4.78, 5) is 27.0. The van der Waals surface area contributed by atoms with Crippen molar-refractivity contribution in [2.45, 2.75) is 57.6 Å². The molecule has 0 spiro atoms. The number of likely N-dealkylation sites (N-methyl/N-ethyl adjacent to an activating group) is 2. The topological polar surface area (TPSA) is 94.1 Å². The third kappa shape index (κ3) is 10.2. The number of carbonyl (C=O) groups excluding carboxylic acids is 1. The van der Waals surface area contributed by atoms with Gasteiger partial charge in [-0.1, -0.05) is 62.8 Å². The third-order valence-electron chi connectivity index (χ3n) is 6.77. The highest BCUT2D eigenvalue weighted by Crippen LogP contribution is 2.29. The van der Waals surface area contributed by atoms with Crippen molar-refractivity contribution < 1.29 is 19.4 Å². The quantitative estimate of drug-likeness (QED) is 0.353. The van der Waals surface area contributed by atoms with Crippen molar-refractivity contribution in [3.8, 4) is 0 Å². The lowest BCUT2D eigenvalue weighted by atomic mass is 9.85. The highest BCUT2D eigenvalue weighted by atomic mass is 35.5. The Hall–Kier alpha value is -2.03. The normalized spacial score (nSPS) is 16.8. The van der Waals surface area contributed by atoms with Gasteiger partial charge in [0.15, 0.2) is 0 Å². The molecule has 3 N–H and O–H groups in total. The molecule has 0 heterocycles. The van der Waals surface area contributed by atoms with E-state index in [1.165, 1.54) is 44.1 Å². The molecule has 3 atom stereocenters. The van der Waals surface area contributed by atoms with Crippen molar-refractivity contribution in [2.75, 3.05) is 47.4 Å². The van der Waals surface area contributed by atoms with E-state index < -0.39 is 6.09 Å². The van der Waals surface area contributed by atoms with Crippen LogP contribution < -0.4 is 10.6 Å². The standard InChI is InChI=1S/C26H43ClN4O4/c1-19(24(21-11-8-12-22(27)16-21)35-14-13-30(3)26(33)34)18-31(4)25(32)29-23(17-28-2)15-20-9-6-5-7-10-20/h8,11-12,16,19-20,23-24,28H,5-7,9-10,13-15,17-18H2,1-4H3,(H,29,32)(H,33,34)/t19-,23+,24-/m1/s1. The molecule has 1 aromatic carbocycles. The Morgan fingerprint density at radius 3 is 2.54 bits per heavy atom. The van der Waals surface area contributed by atoms with Gasteiger partial charge in [-0.15, -0.1) is 0 Å². The lowest BCUT2D eigenvalue weighted by Gasteiger charge is -2.31. The average molecular weight is 511 g/mol. The van der Waals surface area contributed by atoms with Crippen LogP contribution in [0.4, 0.5) is 9.59 Å². The largest absolute Gasteiger partial charge is 0.465 e. The van der Waals surface area contributed by atoms with Crippen molar-refractivity contribution in [2.24, 2.45) is 11.8 Å². The van der Waals surface area contributed by atoms with Gasteiger partial charge in [0.25, 0.3) is 0 Å². The summed E-state index contributed by atoms with van der Waals surface area (Å²) in [6, 6.07) is 7.48. The molecule has 198 valence electrons. The second-order valence-corrected chi connectivity index (χ2v) is 10.3. The summed E-state index contributed by atoms with van der Waals surface area (Å²) in [6.45, 7) is 3.75. The fourth-order valence-corrected chi connectivity index (χ4v) is 5.04. The first kappa shape index (κ1) is 29.2. The number of benzene rings is 1. The minimum atomic E-state index is -0.998. The van der Waals surface area contributed by atoms with Crippen LogP contribution >= 0.6 is 11.6 Å². The summed E-state index contributed by atoms with van der Waals surface area (Å²) in [5, 5.41) is 16.1.